The Morgan fingerprint density at radius 2 is 1.82 bits per heavy atom. The number of methoxy groups -OCH3 is 1. The molecule has 0 amide bonds. The highest BCUT2D eigenvalue weighted by Crippen LogP contribution is 2.47. The molecule has 7 atom stereocenters. The predicted molar refractivity (Wildman–Crippen MR) is 150 cm³/mol. The van der Waals surface area contributed by atoms with Crippen molar-refractivity contribution in [2.45, 2.75) is 68.6 Å². The van der Waals surface area contributed by atoms with Crippen molar-refractivity contribution >= 4 is 16.9 Å². The lowest BCUT2D eigenvalue weighted by molar-refractivity contribution is -0.271. The van der Waals surface area contributed by atoms with Gasteiger partial charge in [-0.2, -0.15) is 0 Å². The molecule has 1 aliphatic carbocycles. The molecular weight excluding hydrogens is 584 g/mol. The third kappa shape index (κ3) is 6.18. The number of benzene rings is 2. The van der Waals surface area contributed by atoms with Crippen molar-refractivity contribution in [2.75, 3.05) is 13.7 Å². The van der Waals surface area contributed by atoms with Crippen LogP contribution in [0.2, 0.25) is 0 Å². The molecule has 0 spiro atoms. The average Bonchev–Trinajstić information content (AvgIpc) is 2.99. The van der Waals surface area contributed by atoms with Gasteiger partial charge in [-0.15, -0.1) is 0 Å². The van der Waals surface area contributed by atoms with Gasteiger partial charge >= 0.3 is 5.97 Å². The van der Waals surface area contributed by atoms with Crippen molar-refractivity contribution in [1.82, 2.24) is 0 Å². The number of carboxylic acid groups (broad SMARTS) is 1. The third-order valence-corrected chi connectivity index (χ3v) is 7.96. The van der Waals surface area contributed by atoms with Gasteiger partial charge in [0, 0.05) is 37.1 Å². The Hall–Kier alpha value is -3.92. The standard InChI is InChI=1S/C30H34O14/c1-40-16-6-4-15(5-7-16)18-11-17(32)21-19(41-18)12-20(42-29-25(36)23(34)24(35)27(43-29)28(37)38)26(22(21)33)44-30(39)9-2-3-14(13-30)8-10-31/h4-7,11-12,14,23-25,27,29,31,33-36,39H,2-3,8-10,13H2,1H3,(H,37,38). The van der Waals surface area contributed by atoms with Crippen LogP contribution in [-0.2, 0) is 9.53 Å². The van der Waals surface area contributed by atoms with Gasteiger partial charge in [0.15, 0.2) is 23.0 Å². The summed E-state index contributed by atoms with van der Waals surface area (Å²) in [5, 5.41) is 72.2. The Kier molecular flexibility index (Phi) is 9.02. The monoisotopic (exact) mass is 618 g/mol. The fourth-order valence-electron chi connectivity index (χ4n) is 5.65. The van der Waals surface area contributed by atoms with Crippen LogP contribution in [0.25, 0.3) is 22.3 Å². The molecule has 0 radical (unpaired) electrons. The summed E-state index contributed by atoms with van der Waals surface area (Å²) in [7, 11) is 1.50. The van der Waals surface area contributed by atoms with Crippen LogP contribution < -0.4 is 19.6 Å². The van der Waals surface area contributed by atoms with E-state index in [0.29, 0.717) is 24.2 Å². The van der Waals surface area contributed by atoms with Gasteiger partial charge in [0.2, 0.25) is 17.8 Å². The number of fused-ring (bicyclic) bond motifs is 1. The molecule has 7 unspecified atom stereocenters. The Labute approximate surface area is 250 Å². The highest BCUT2D eigenvalue weighted by molar-refractivity contribution is 5.89. The van der Waals surface area contributed by atoms with Gasteiger partial charge in [-0.25, -0.2) is 4.79 Å². The molecule has 5 rings (SSSR count). The first-order chi connectivity index (χ1) is 20.9. The van der Waals surface area contributed by atoms with Gasteiger partial charge in [0.25, 0.3) is 0 Å². The Bertz CT molecular complexity index is 1550. The molecule has 44 heavy (non-hydrogen) atoms. The van der Waals surface area contributed by atoms with Gasteiger partial charge < -0.3 is 59.1 Å². The fraction of sp³-hybridized carbons (Fsp3) is 0.467. The predicted octanol–water partition coefficient (Wildman–Crippen LogP) is 1.09. The van der Waals surface area contributed by atoms with Crippen molar-refractivity contribution in [3.63, 3.8) is 0 Å². The number of aromatic hydroxyl groups is 1. The van der Waals surface area contributed by atoms with Gasteiger partial charge in [-0.05, 0) is 49.4 Å². The van der Waals surface area contributed by atoms with Crippen LogP contribution in [0.15, 0.2) is 45.6 Å². The van der Waals surface area contributed by atoms with Gasteiger partial charge in [-0.3, -0.25) is 4.79 Å². The van der Waals surface area contributed by atoms with E-state index in [4.69, 9.17) is 23.4 Å². The van der Waals surface area contributed by atoms with E-state index in [2.05, 4.69) is 0 Å². The van der Waals surface area contributed by atoms with Crippen LogP contribution in [0.5, 0.6) is 23.0 Å². The number of hydrogen-bond acceptors (Lipinski definition) is 13. The maximum absolute atomic E-state index is 13.3. The molecule has 14 nitrogen and oxygen atoms in total. The van der Waals surface area contributed by atoms with E-state index in [-0.39, 0.29) is 42.1 Å². The van der Waals surface area contributed by atoms with Crippen LogP contribution in [0, 0.1) is 5.92 Å². The molecule has 1 aromatic heterocycles. The average molecular weight is 619 g/mol. The normalized spacial score (nSPS) is 28.9. The first-order valence-electron chi connectivity index (χ1n) is 14.0. The summed E-state index contributed by atoms with van der Waals surface area (Å²) in [6, 6.07) is 8.88. The van der Waals surface area contributed by atoms with Crippen LogP contribution in [0.4, 0.5) is 0 Å². The zero-order chi connectivity index (χ0) is 31.8. The quantitative estimate of drug-likeness (QED) is 0.167. The van der Waals surface area contributed by atoms with Crippen molar-refractivity contribution in [3.05, 3.63) is 46.6 Å². The number of hydrogen-bond donors (Lipinski definition) is 7. The molecule has 1 saturated carbocycles. The van der Waals surface area contributed by atoms with Crippen molar-refractivity contribution in [2.24, 2.45) is 5.92 Å². The minimum absolute atomic E-state index is 0.0735. The number of phenolic OH excluding ortho intramolecular Hbond substituents is 1. The molecule has 2 fully saturated rings. The summed E-state index contributed by atoms with van der Waals surface area (Å²) in [4.78, 5) is 24.9. The SMILES string of the molecule is COc1ccc(-c2cc(=O)c3c(O)c(OC4(O)CCCC(CCO)C4)c(OC4OC(C(=O)O)C(O)C(O)C4O)cc3o2)cc1. The molecule has 2 aliphatic rings. The number of carbonyl (C=O) groups is 1. The number of carboxylic acids is 1. The number of ether oxygens (including phenoxy) is 4. The summed E-state index contributed by atoms with van der Waals surface area (Å²) < 4.78 is 28.0. The molecular formula is C30H34O14. The molecule has 7 N–H and O–H groups in total. The topological polar surface area (TPSA) is 226 Å². The highest BCUT2D eigenvalue weighted by atomic mass is 16.7. The smallest absolute Gasteiger partial charge is 0.335 e. The Balaban J connectivity index is 1.61. The number of rotatable bonds is 9. The number of aliphatic carboxylic acids is 1. The molecule has 14 heteroatoms. The second-order valence-electron chi connectivity index (χ2n) is 11.0. The largest absolute Gasteiger partial charge is 0.504 e. The van der Waals surface area contributed by atoms with E-state index in [0.717, 1.165) is 18.6 Å². The maximum atomic E-state index is 13.3. The molecule has 0 bridgehead atoms. The first-order valence-corrected chi connectivity index (χ1v) is 14.0. The zero-order valence-corrected chi connectivity index (χ0v) is 23.7. The van der Waals surface area contributed by atoms with Crippen LogP contribution in [0.1, 0.15) is 32.1 Å². The second-order valence-corrected chi connectivity index (χ2v) is 11.0. The summed E-state index contributed by atoms with van der Waals surface area (Å²) in [5.41, 5.74) is -0.373. The molecule has 1 saturated heterocycles. The second kappa shape index (κ2) is 12.6. The molecule has 3 aromatic rings. The summed E-state index contributed by atoms with van der Waals surface area (Å²) in [6.07, 6.45) is -7.99. The molecule has 2 heterocycles. The molecule has 1 aliphatic heterocycles. The minimum Gasteiger partial charge on any atom is -0.504 e. The van der Waals surface area contributed by atoms with Crippen molar-refractivity contribution < 1.29 is 63.9 Å². The van der Waals surface area contributed by atoms with Crippen LogP contribution >= 0.6 is 0 Å². The maximum Gasteiger partial charge on any atom is 0.335 e. The summed E-state index contributed by atoms with van der Waals surface area (Å²) in [6.45, 7) is -0.107. The molecule has 238 valence electrons. The molecule has 2 aromatic carbocycles. The third-order valence-electron chi connectivity index (χ3n) is 7.96. The Morgan fingerprint density at radius 1 is 1.09 bits per heavy atom. The first kappa shape index (κ1) is 31.5. The van der Waals surface area contributed by atoms with E-state index >= 15 is 0 Å². The van der Waals surface area contributed by atoms with Crippen molar-refractivity contribution in [1.29, 1.82) is 0 Å². The number of phenols is 1. The van der Waals surface area contributed by atoms with E-state index < -0.39 is 65.1 Å². The lowest BCUT2D eigenvalue weighted by atomic mass is 9.83. The minimum atomic E-state index is -1.99. The van der Waals surface area contributed by atoms with Gasteiger partial charge in [0.1, 0.15) is 40.8 Å². The summed E-state index contributed by atoms with van der Waals surface area (Å²) >= 11 is 0. The van der Waals surface area contributed by atoms with Crippen molar-refractivity contribution in [3.8, 4) is 34.3 Å². The van der Waals surface area contributed by atoms with E-state index in [1.807, 2.05) is 0 Å². The lowest BCUT2D eigenvalue weighted by Crippen LogP contribution is -2.61. The number of aliphatic hydroxyl groups excluding tert-OH is 4. The van der Waals surface area contributed by atoms with E-state index in [9.17, 15) is 45.3 Å². The highest BCUT2D eigenvalue weighted by Gasteiger charge is 2.49. The van der Waals surface area contributed by atoms with Crippen LogP contribution in [0.3, 0.4) is 0 Å². The van der Waals surface area contributed by atoms with E-state index in [1.54, 1.807) is 24.3 Å². The van der Waals surface area contributed by atoms with Crippen LogP contribution in [-0.4, -0.2) is 91.9 Å². The van der Waals surface area contributed by atoms with Gasteiger partial charge in [0.05, 0.1) is 7.11 Å². The van der Waals surface area contributed by atoms with Gasteiger partial charge in [-0.1, -0.05) is 0 Å². The fourth-order valence-corrected chi connectivity index (χ4v) is 5.65. The van der Waals surface area contributed by atoms with E-state index in [1.165, 1.54) is 7.11 Å². The Morgan fingerprint density at radius 3 is 2.48 bits per heavy atom. The lowest BCUT2D eigenvalue weighted by Gasteiger charge is -2.39. The summed E-state index contributed by atoms with van der Waals surface area (Å²) in [5.74, 6) is -4.68. The zero-order valence-electron chi connectivity index (χ0n) is 23.7. The number of aliphatic hydroxyl groups is 5.